The van der Waals surface area contributed by atoms with Crippen molar-refractivity contribution in [3.63, 3.8) is 0 Å². The van der Waals surface area contributed by atoms with Crippen LogP contribution in [0.1, 0.15) is 17.0 Å². The number of nitrogens with zero attached hydrogens (tertiary/aromatic N) is 3. The highest BCUT2D eigenvalue weighted by Crippen LogP contribution is 2.14. The van der Waals surface area contributed by atoms with Crippen molar-refractivity contribution >= 4 is 18.4 Å². The van der Waals surface area contributed by atoms with E-state index in [-0.39, 0.29) is 5.82 Å². The average molecular weight is 342 g/mol. The molecule has 0 saturated heterocycles. The summed E-state index contributed by atoms with van der Waals surface area (Å²) in [6, 6.07) is 13.8. The molecule has 0 atom stereocenters. The highest BCUT2D eigenvalue weighted by atomic mass is 32.1. The van der Waals surface area contributed by atoms with Crippen LogP contribution in [0.15, 0.2) is 53.6 Å². The minimum absolute atomic E-state index is 0.285. The first-order chi connectivity index (χ1) is 11.7. The summed E-state index contributed by atoms with van der Waals surface area (Å²) in [5.41, 5.74) is 1.83. The zero-order valence-corrected chi connectivity index (χ0v) is 13.8. The number of hydrogen-bond acceptors (Lipinski definition) is 4. The van der Waals surface area contributed by atoms with Gasteiger partial charge in [0.25, 0.3) is 0 Å². The van der Waals surface area contributed by atoms with Gasteiger partial charge in [-0.15, -0.1) is 0 Å². The van der Waals surface area contributed by atoms with E-state index >= 15 is 0 Å². The molecule has 2 aromatic carbocycles. The molecule has 122 valence electrons. The highest BCUT2D eigenvalue weighted by Gasteiger charge is 2.06. The topological polar surface area (TPSA) is 55.2 Å². The molecule has 5 nitrogen and oxygen atoms in total. The number of H-pyrrole nitrogens is 1. The third kappa shape index (κ3) is 3.75. The Morgan fingerprint density at radius 3 is 2.58 bits per heavy atom. The van der Waals surface area contributed by atoms with Crippen LogP contribution in [0, 0.1) is 10.6 Å². The highest BCUT2D eigenvalue weighted by molar-refractivity contribution is 7.71. The van der Waals surface area contributed by atoms with E-state index in [0.29, 0.717) is 17.0 Å². The van der Waals surface area contributed by atoms with Gasteiger partial charge >= 0.3 is 0 Å². The first kappa shape index (κ1) is 16.1. The van der Waals surface area contributed by atoms with Crippen molar-refractivity contribution in [3.05, 3.63) is 76.1 Å². The summed E-state index contributed by atoms with van der Waals surface area (Å²) in [5, 5.41) is 11.3. The molecule has 0 aliphatic rings. The predicted octanol–water partition coefficient (Wildman–Crippen LogP) is 3.56. The van der Waals surface area contributed by atoms with Gasteiger partial charge in [0.15, 0.2) is 5.82 Å². The van der Waals surface area contributed by atoms with Crippen molar-refractivity contribution in [1.29, 1.82) is 0 Å². The number of nitrogens with one attached hydrogen (secondary N) is 1. The number of halogens is 1. The molecule has 24 heavy (non-hydrogen) atoms. The lowest BCUT2D eigenvalue weighted by Crippen LogP contribution is -2.00. The van der Waals surface area contributed by atoms with E-state index in [2.05, 4.69) is 15.3 Å². The van der Waals surface area contributed by atoms with Crippen LogP contribution in [-0.4, -0.2) is 28.2 Å². The van der Waals surface area contributed by atoms with Crippen LogP contribution < -0.4 is 4.74 Å². The van der Waals surface area contributed by atoms with E-state index in [1.807, 2.05) is 24.3 Å². The third-order valence-electron chi connectivity index (χ3n) is 3.43. The summed E-state index contributed by atoms with van der Waals surface area (Å²) in [6.07, 6.45) is 2.18. The van der Waals surface area contributed by atoms with E-state index in [1.165, 1.54) is 12.1 Å². The van der Waals surface area contributed by atoms with Gasteiger partial charge in [-0.3, -0.25) is 5.10 Å². The van der Waals surface area contributed by atoms with E-state index < -0.39 is 0 Å². The maximum Gasteiger partial charge on any atom is 0.216 e. The van der Waals surface area contributed by atoms with Crippen LogP contribution in [-0.2, 0) is 6.42 Å². The van der Waals surface area contributed by atoms with Crippen molar-refractivity contribution in [3.8, 4) is 5.75 Å². The molecule has 0 aliphatic heterocycles. The van der Waals surface area contributed by atoms with Crippen molar-refractivity contribution in [1.82, 2.24) is 14.9 Å². The summed E-state index contributed by atoms with van der Waals surface area (Å²) >= 11 is 5.22. The molecule has 0 amide bonds. The fourth-order valence-electron chi connectivity index (χ4n) is 2.16. The maximum atomic E-state index is 12.9. The number of methoxy groups -OCH3 is 1. The zero-order chi connectivity index (χ0) is 16.9. The van der Waals surface area contributed by atoms with Crippen molar-refractivity contribution < 1.29 is 9.13 Å². The summed E-state index contributed by atoms with van der Waals surface area (Å²) in [7, 11) is 1.63. The van der Waals surface area contributed by atoms with E-state index in [9.17, 15) is 4.39 Å². The second-order valence-corrected chi connectivity index (χ2v) is 5.46. The fraction of sp³-hybridized carbons (Fsp3) is 0.118. The molecule has 0 saturated carbocycles. The molecule has 7 heteroatoms. The third-order valence-corrected chi connectivity index (χ3v) is 3.70. The SMILES string of the molecule is COc1ccc(Cc2n[nH]c(=S)n2/N=C\c2ccc(F)cc2)cc1. The molecule has 0 bridgehead atoms. The quantitative estimate of drug-likeness (QED) is 0.570. The van der Waals surface area contributed by atoms with Crippen LogP contribution in [0.25, 0.3) is 0 Å². The smallest absolute Gasteiger partial charge is 0.216 e. The van der Waals surface area contributed by atoms with Gasteiger partial charge in [0.2, 0.25) is 4.77 Å². The molecule has 0 unspecified atom stereocenters. The Bertz CT molecular complexity index is 898. The lowest BCUT2D eigenvalue weighted by molar-refractivity contribution is 0.414. The Hall–Kier alpha value is -2.80. The molecular formula is C17H15FN4OS. The van der Waals surface area contributed by atoms with Crippen molar-refractivity contribution in [2.75, 3.05) is 7.11 Å². The maximum absolute atomic E-state index is 12.9. The Kier molecular flexibility index (Phi) is 4.81. The zero-order valence-electron chi connectivity index (χ0n) is 12.9. The molecule has 3 aromatic rings. The second-order valence-electron chi connectivity index (χ2n) is 5.08. The summed E-state index contributed by atoms with van der Waals surface area (Å²) in [6.45, 7) is 0. The minimum Gasteiger partial charge on any atom is -0.497 e. The van der Waals surface area contributed by atoms with Crippen molar-refractivity contribution in [2.45, 2.75) is 6.42 Å². The molecule has 0 radical (unpaired) electrons. The number of benzene rings is 2. The van der Waals surface area contributed by atoms with Gasteiger partial charge in [0.05, 0.1) is 13.3 Å². The van der Waals surface area contributed by atoms with Crippen LogP contribution >= 0.6 is 12.2 Å². The van der Waals surface area contributed by atoms with Crippen LogP contribution in [0.3, 0.4) is 0 Å². The molecule has 0 aliphatic carbocycles. The predicted molar refractivity (Wildman–Crippen MR) is 92.6 cm³/mol. The van der Waals surface area contributed by atoms with Gasteiger partial charge in [-0.2, -0.15) is 14.9 Å². The standard InChI is InChI=1S/C17H15FN4OS/c1-23-15-8-4-12(5-9-15)10-16-20-21-17(24)22(16)19-11-13-2-6-14(18)7-3-13/h2-9,11H,10H2,1H3,(H,21,24)/b19-11-. The lowest BCUT2D eigenvalue weighted by atomic mass is 10.1. The molecule has 1 aromatic heterocycles. The number of ether oxygens (including phenoxy) is 1. The van der Waals surface area contributed by atoms with Gasteiger partial charge in [-0.05, 0) is 47.6 Å². The molecule has 1 heterocycles. The Balaban J connectivity index is 1.82. The molecule has 0 fully saturated rings. The Morgan fingerprint density at radius 1 is 1.21 bits per heavy atom. The first-order valence-corrected chi connectivity index (χ1v) is 7.65. The number of aromatic amines is 1. The number of rotatable bonds is 5. The van der Waals surface area contributed by atoms with Crippen molar-refractivity contribution in [2.24, 2.45) is 5.10 Å². The molecule has 3 rings (SSSR count). The van der Waals surface area contributed by atoms with Crippen LogP contribution in [0.4, 0.5) is 4.39 Å². The van der Waals surface area contributed by atoms with Gasteiger partial charge in [-0.1, -0.05) is 24.3 Å². The molecule has 1 N–H and O–H groups in total. The normalized spacial score (nSPS) is 11.1. The average Bonchev–Trinajstić information content (AvgIpc) is 2.95. The van der Waals surface area contributed by atoms with Gasteiger partial charge in [0.1, 0.15) is 11.6 Å². The summed E-state index contributed by atoms with van der Waals surface area (Å²) in [5.74, 6) is 1.20. The van der Waals surface area contributed by atoms with Gasteiger partial charge < -0.3 is 4.74 Å². The fourth-order valence-corrected chi connectivity index (χ4v) is 2.36. The van der Waals surface area contributed by atoms with Crippen LogP contribution in [0.2, 0.25) is 0 Å². The first-order valence-electron chi connectivity index (χ1n) is 7.25. The van der Waals surface area contributed by atoms with Crippen LogP contribution in [0.5, 0.6) is 5.75 Å². The van der Waals surface area contributed by atoms with E-state index in [1.54, 1.807) is 30.1 Å². The lowest BCUT2D eigenvalue weighted by Gasteiger charge is -2.03. The monoisotopic (exact) mass is 342 g/mol. The Morgan fingerprint density at radius 2 is 1.92 bits per heavy atom. The number of hydrogen-bond donors (Lipinski definition) is 1. The Labute approximate surface area is 143 Å². The molecular weight excluding hydrogens is 327 g/mol. The van der Waals surface area contributed by atoms with Gasteiger partial charge in [-0.25, -0.2) is 4.39 Å². The number of aromatic nitrogens is 3. The molecule has 0 spiro atoms. The summed E-state index contributed by atoms with van der Waals surface area (Å²) < 4.78 is 20.0. The minimum atomic E-state index is -0.285. The van der Waals surface area contributed by atoms with E-state index in [0.717, 1.165) is 16.9 Å². The summed E-state index contributed by atoms with van der Waals surface area (Å²) in [4.78, 5) is 0. The second kappa shape index (κ2) is 7.18. The van der Waals surface area contributed by atoms with Gasteiger partial charge in [0, 0.05) is 6.42 Å². The van der Waals surface area contributed by atoms with E-state index in [4.69, 9.17) is 17.0 Å². The largest absolute Gasteiger partial charge is 0.497 e.